The lowest BCUT2D eigenvalue weighted by Gasteiger charge is -2.07. The zero-order chi connectivity index (χ0) is 15.0. The van der Waals surface area contributed by atoms with Crippen LogP contribution in [0.4, 0.5) is 10.5 Å². The van der Waals surface area contributed by atoms with Crippen LogP contribution in [0, 0.1) is 11.8 Å². The Morgan fingerprint density at radius 1 is 1.20 bits per heavy atom. The van der Waals surface area contributed by atoms with Crippen molar-refractivity contribution in [3.8, 4) is 11.8 Å². The standard InChI is InChI=1S/C15H19N3O2/c1-11(2)17-15(20)16-10-4-5-13-6-8-14(9-7-13)18-12(3)19/h6-9,11H,10H2,1-3H3,(H,18,19)(H2,16,17,20). The predicted molar refractivity (Wildman–Crippen MR) is 79.3 cm³/mol. The molecule has 1 aromatic carbocycles. The molecule has 106 valence electrons. The van der Waals surface area contributed by atoms with E-state index in [-0.39, 0.29) is 24.5 Å². The molecule has 5 nitrogen and oxygen atoms in total. The van der Waals surface area contributed by atoms with Crippen LogP contribution >= 0.6 is 0 Å². The average Bonchev–Trinajstić information content (AvgIpc) is 2.35. The summed E-state index contributed by atoms with van der Waals surface area (Å²) >= 11 is 0. The van der Waals surface area contributed by atoms with E-state index < -0.39 is 0 Å². The molecule has 1 aromatic rings. The summed E-state index contributed by atoms with van der Waals surface area (Å²) < 4.78 is 0. The molecular weight excluding hydrogens is 254 g/mol. The number of anilines is 1. The Balaban J connectivity index is 2.43. The Kier molecular flexibility index (Phi) is 6.11. The number of hydrogen-bond acceptors (Lipinski definition) is 2. The van der Waals surface area contributed by atoms with Crippen LogP contribution in [0.5, 0.6) is 0 Å². The van der Waals surface area contributed by atoms with Crippen LogP contribution in [-0.4, -0.2) is 24.5 Å². The molecule has 0 aliphatic heterocycles. The fourth-order valence-corrected chi connectivity index (χ4v) is 1.42. The minimum absolute atomic E-state index is 0.101. The van der Waals surface area contributed by atoms with Gasteiger partial charge in [-0.1, -0.05) is 11.8 Å². The largest absolute Gasteiger partial charge is 0.336 e. The number of carbonyl (C=O) groups excluding carboxylic acids is 2. The summed E-state index contributed by atoms with van der Waals surface area (Å²) in [5.74, 6) is 5.68. The molecule has 0 spiro atoms. The van der Waals surface area contributed by atoms with E-state index in [0.717, 1.165) is 11.3 Å². The molecular formula is C15H19N3O2. The fourth-order valence-electron chi connectivity index (χ4n) is 1.42. The van der Waals surface area contributed by atoms with Crippen LogP contribution < -0.4 is 16.0 Å². The van der Waals surface area contributed by atoms with Gasteiger partial charge < -0.3 is 16.0 Å². The second-order valence-corrected chi connectivity index (χ2v) is 4.54. The van der Waals surface area contributed by atoms with Crippen LogP contribution in [0.3, 0.4) is 0 Å². The van der Waals surface area contributed by atoms with Crippen LogP contribution in [0.25, 0.3) is 0 Å². The quantitative estimate of drug-likeness (QED) is 0.734. The molecule has 0 bridgehead atoms. The van der Waals surface area contributed by atoms with Gasteiger partial charge in [0.2, 0.25) is 5.91 Å². The monoisotopic (exact) mass is 273 g/mol. The summed E-state index contributed by atoms with van der Waals surface area (Å²) in [6.07, 6.45) is 0. The predicted octanol–water partition coefficient (Wildman–Crippen LogP) is 1.70. The van der Waals surface area contributed by atoms with Crippen LogP contribution in [0.1, 0.15) is 26.3 Å². The van der Waals surface area contributed by atoms with Gasteiger partial charge in [0, 0.05) is 24.2 Å². The van der Waals surface area contributed by atoms with Crippen molar-refractivity contribution in [2.75, 3.05) is 11.9 Å². The Hall–Kier alpha value is -2.48. The number of carbonyl (C=O) groups is 2. The molecule has 3 N–H and O–H groups in total. The Morgan fingerprint density at radius 3 is 2.40 bits per heavy atom. The first-order valence-corrected chi connectivity index (χ1v) is 6.38. The molecule has 0 heterocycles. The zero-order valence-electron chi connectivity index (χ0n) is 11.9. The number of hydrogen-bond donors (Lipinski definition) is 3. The minimum Gasteiger partial charge on any atom is -0.336 e. The first kappa shape index (κ1) is 15.6. The van der Waals surface area contributed by atoms with Gasteiger partial charge in [0.1, 0.15) is 0 Å². The van der Waals surface area contributed by atoms with E-state index in [1.165, 1.54) is 6.92 Å². The SMILES string of the molecule is CC(=O)Nc1ccc(C#CCNC(=O)NC(C)C)cc1. The maximum atomic E-state index is 11.3. The van der Waals surface area contributed by atoms with Gasteiger partial charge in [0.25, 0.3) is 0 Å². The van der Waals surface area contributed by atoms with Gasteiger partial charge in [-0.25, -0.2) is 4.79 Å². The summed E-state index contributed by atoms with van der Waals surface area (Å²) in [6, 6.07) is 7.06. The molecule has 0 unspecified atom stereocenters. The van der Waals surface area contributed by atoms with Gasteiger partial charge in [-0.2, -0.15) is 0 Å². The Morgan fingerprint density at radius 2 is 1.85 bits per heavy atom. The van der Waals surface area contributed by atoms with Crippen molar-refractivity contribution in [3.63, 3.8) is 0 Å². The highest BCUT2D eigenvalue weighted by Gasteiger charge is 1.99. The lowest BCUT2D eigenvalue weighted by molar-refractivity contribution is -0.114. The van der Waals surface area contributed by atoms with Crippen molar-refractivity contribution in [3.05, 3.63) is 29.8 Å². The topological polar surface area (TPSA) is 70.2 Å². The van der Waals surface area contributed by atoms with E-state index in [1.54, 1.807) is 12.1 Å². The van der Waals surface area contributed by atoms with Crippen molar-refractivity contribution in [1.29, 1.82) is 0 Å². The zero-order valence-corrected chi connectivity index (χ0v) is 11.9. The highest BCUT2D eigenvalue weighted by Crippen LogP contribution is 2.08. The van der Waals surface area contributed by atoms with Crippen molar-refractivity contribution >= 4 is 17.6 Å². The molecule has 0 saturated heterocycles. The smallest absolute Gasteiger partial charge is 0.315 e. The van der Waals surface area contributed by atoms with Crippen molar-refractivity contribution in [2.45, 2.75) is 26.8 Å². The Labute approximate surface area is 119 Å². The minimum atomic E-state index is -0.227. The number of nitrogens with one attached hydrogen (secondary N) is 3. The lowest BCUT2D eigenvalue weighted by Crippen LogP contribution is -2.39. The summed E-state index contributed by atoms with van der Waals surface area (Å²) in [5.41, 5.74) is 1.56. The second-order valence-electron chi connectivity index (χ2n) is 4.54. The van der Waals surface area contributed by atoms with Crippen molar-refractivity contribution < 1.29 is 9.59 Å². The summed E-state index contributed by atoms with van der Waals surface area (Å²) in [6.45, 7) is 5.53. The van der Waals surface area contributed by atoms with Crippen LogP contribution in [0.2, 0.25) is 0 Å². The fraction of sp³-hybridized carbons (Fsp3) is 0.333. The molecule has 20 heavy (non-hydrogen) atoms. The highest BCUT2D eigenvalue weighted by atomic mass is 16.2. The summed E-state index contributed by atoms with van der Waals surface area (Å²) in [7, 11) is 0. The third-order valence-corrected chi connectivity index (χ3v) is 2.20. The summed E-state index contributed by atoms with van der Waals surface area (Å²) in [4.78, 5) is 22.1. The number of amides is 3. The molecule has 0 aromatic heterocycles. The summed E-state index contributed by atoms with van der Waals surface area (Å²) in [5, 5.41) is 8.03. The molecule has 5 heteroatoms. The highest BCUT2D eigenvalue weighted by molar-refractivity contribution is 5.88. The van der Waals surface area contributed by atoms with Gasteiger partial charge in [-0.3, -0.25) is 4.79 Å². The molecule has 0 aliphatic rings. The first-order valence-electron chi connectivity index (χ1n) is 6.38. The van der Waals surface area contributed by atoms with Gasteiger partial charge in [0.15, 0.2) is 0 Å². The van der Waals surface area contributed by atoms with Crippen LogP contribution in [-0.2, 0) is 4.79 Å². The molecule has 0 saturated carbocycles. The van der Waals surface area contributed by atoms with E-state index in [2.05, 4.69) is 27.8 Å². The van der Waals surface area contributed by atoms with Gasteiger partial charge in [-0.15, -0.1) is 0 Å². The van der Waals surface area contributed by atoms with E-state index >= 15 is 0 Å². The number of rotatable bonds is 3. The number of benzene rings is 1. The molecule has 0 fully saturated rings. The molecule has 1 rings (SSSR count). The maximum Gasteiger partial charge on any atom is 0.315 e. The van der Waals surface area contributed by atoms with Gasteiger partial charge >= 0.3 is 6.03 Å². The Bertz CT molecular complexity index is 524. The van der Waals surface area contributed by atoms with E-state index in [1.807, 2.05) is 26.0 Å². The van der Waals surface area contributed by atoms with Crippen molar-refractivity contribution in [1.82, 2.24) is 10.6 Å². The van der Waals surface area contributed by atoms with Gasteiger partial charge in [-0.05, 0) is 38.1 Å². The third kappa shape index (κ3) is 6.45. The molecule has 0 radical (unpaired) electrons. The molecule has 3 amide bonds. The molecule has 0 aliphatic carbocycles. The first-order chi connectivity index (χ1) is 9.47. The van der Waals surface area contributed by atoms with Crippen LogP contribution in [0.15, 0.2) is 24.3 Å². The molecule has 0 atom stereocenters. The average molecular weight is 273 g/mol. The number of urea groups is 1. The third-order valence-electron chi connectivity index (χ3n) is 2.20. The normalized spacial score (nSPS) is 9.40. The van der Waals surface area contributed by atoms with Crippen molar-refractivity contribution in [2.24, 2.45) is 0 Å². The maximum absolute atomic E-state index is 11.3. The second kappa shape index (κ2) is 7.85. The van der Waals surface area contributed by atoms with E-state index in [4.69, 9.17) is 0 Å². The van der Waals surface area contributed by atoms with E-state index in [0.29, 0.717) is 0 Å². The van der Waals surface area contributed by atoms with Gasteiger partial charge in [0.05, 0.1) is 6.54 Å². The van der Waals surface area contributed by atoms with E-state index in [9.17, 15) is 9.59 Å². The lowest BCUT2D eigenvalue weighted by atomic mass is 10.2.